The van der Waals surface area contributed by atoms with Crippen LogP contribution in [0.1, 0.15) is 50.1 Å². The number of nitrogens with zero attached hydrogens (tertiary/aromatic N) is 5. The number of aromatic nitrogens is 3. The number of benzene rings is 1. The van der Waals surface area contributed by atoms with Crippen LogP contribution >= 0.6 is 11.3 Å². The number of hydrogen-bond acceptors (Lipinski definition) is 6. The summed E-state index contributed by atoms with van der Waals surface area (Å²) in [4.78, 5) is 21.0. The first-order valence-electron chi connectivity index (χ1n) is 8.99. The number of carbonyl (C=O) groups excluding carboxylic acids is 1. The number of nitrogens with one attached hydrogen (secondary N) is 1. The summed E-state index contributed by atoms with van der Waals surface area (Å²) in [6.07, 6.45) is 0. The van der Waals surface area contributed by atoms with Crippen molar-refractivity contribution in [2.45, 2.75) is 46.1 Å². The van der Waals surface area contributed by atoms with Crippen LogP contribution in [0, 0.1) is 12.5 Å². The number of rotatable bonds is 5. The molecule has 0 saturated carbocycles. The quantitative estimate of drug-likeness (QED) is 0.334. The summed E-state index contributed by atoms with van der Waals surface area (Å²) in [5.41, 5.74) is 1.57. The highest BCUT2D eigenvalue weighted by Crippen LogP contribution is 2.37. The van der Waals surface area contributed by atoms with Gasteiger partial charge >= 0.3 is 0 Å². The highest BCUT2D eigenvalue weighted by Gasteiger charge is 2.28. The summed E-state index contributed by atoms with van der Waals surface area (Å²) < 4.78 is 0.961. The van der Waals surface area contributed by atoms with Gasteiger partial charge in [-0.3, -0.25) is 9.89 Å². The zero-order valence-electron chi connectivity index (χ0n) is 16.5. The van der Waals surface area contributed by atoms with Gasteiger partial charge in [-0.25, -0.2) is 9.83 Å². The number of Topliss-reactive ketones (excluding diaryl/α,β-unsaturated/α-hetero) is 1. The van der Waals surface area contributed by atoms with E-state index in [1.54, 1.807) is 0 Å². The van der Waals surface area contributed by atoms with Crippen molar-refractivity contribution in [3.63, 3.8) is 0 Å². The standard InChI is InChI=1S/C20H22N6OS/c1-11(2)14(16(27)19-22-12-9-7-8-10-13(12)28-19)23-25-18-15(21-6)17(24-26-18)20(3,4)5/h7-11,14H,1-5H3,(H,24,26). The lowest BCUT2D eigenvalue weighted by Crippen LogP contribution is -2.24. The van der Waals surface area contributed by atoms with E-state index < -0.39 is 6.04 Å². The Morgan fingerprint density at radius 1 is 1.29 bits per heavy atom. The molecule has 0 fully saturated rings. The highest BCUT2D eigenvalue weighted by atomic mass is 32.1. The van der Waals surface area contributed by atoms with Gasteiger partial charge in [0.15, 0.2) is 5.01 Å². The van der Waals surface area contributed by atoms with Gasteiger partial charge < -0.3 is 0 Å². The van der Waals surface area contributed by atoms with Crippen LogP contribution in [0.25, 0.3) is 15.1 Å². The molecule has 3 rings (SSSR count). The maximum Gasteiger partial charge on any atom is 0.255 e. The molecule has 2 heterocycles. The molecule has 3 aromatic rings. The van der Waals surface area contributed by atoms with E-state index in [1.807, 2.05) is 58.9 Å². The summed E-state index contributed by atoms with van der Waals surface area (Å²) in [7, 11) is 0. The lowest BCUT2D eigenvalue weighted by atomic mass is 9.91. The van der Waals surface area contributed by atoms with E-state index in [0.29, 0.717) is 16.4 Å². The summed E-state index contributed by atoms with van der Waals surface area (Å²) in [5, 5.41) is 15.8. The fraction of sp³-hybridized carbons (Fsp3) is 0.400. The van der Waals surface area contributed by atoms with E-state index >= 15 is 0 Å². The van der Waals surface area contributed by atoms with Crippen molar-refractivity contribution < 1.29 is 4.79 Å². The molecular formula is C20H22N6OS. The Kier molecular flexibility index (Phi) is 5.38. The van der Waals surface area contributed by atoms with Gasteiger partial charge in [0, 0.05) is 5.69 Å². The summed E-state index contributed by atoms with van der Waals surface area (Å²) in [6, 6.07) is 6.95. The van der Waals surface area contributed by atoms with Crippen LogP contribution in [-0.2, 0) is 5.41 Å². The van der Waals surface area contributed by atoms with Gasteiger partial charge in [-0.05, 0) is 23.5 Å². The Balaban J connectivity index is 1.92. The largest absolute Gasteiger partial charge is 0.291 e. The van der Waals surface area contributed by atoms with E-state index in [4.69, 9.17) is 6.57 Å². The Labute approximate surface area is 167 Å². The summed E-state index contributed by atoms with van der Waals surface area (Å²) in [6.45, 7) is 17.3. The van der Waals surface area contributed by atoms with Crippen LogP contribution in [0.5, 0.6) is 0 Å². The molecule has 0 aliphatic heterocycles. The number of carbonyl (C=O) groups is 1. The van der Waals surface area contributed by atoms with Crippen LogP contribution in [-0.4, -0.2) is 27.0 Å². The lowest BCUT2D eigenvalue weighted by molar-refractivity contribution is 0.0938. The molecule has 0 radical (unpaired) electrons. The van der Waals surface area contributed by atoms with Gasteiger partial charge in [-0.15, -0.1) is 16.5 Å². The number of ketones is 1. The molecule has 0 aliphatic rings. The number of thiazole rings is 1. The predicted octanol–water partition coefficient (Wildman–Crippen LogP) is 5.86. The average molecular weight is 395 g/mol. The normalized spacial score (nSPS) is 13.3. The van der Waals surface area contributed by atoms with Crippen molar-refractivity contribution in [2.75, 3.05) is 0 Å². The maximum atomic E-state index is 13.0. The first kappa shape index (κ1) is 19.8. The predicted molar refractivity (Wildman–Crippen MR) is 111 cm³/mol. The van der Waals surface area contributed by atoms with Gasteiger partial charge in [0.2, 0.25) is 11.6 Å². The maximum absolute atomic E-state index is 13.0. The Bertz CT molecular complexity index is 1050. The smallest absolute Gasteiger partial charge is 0.255 e. The van der Waals surface area contributed by atoms with E-state index in [-0.39, 0.29) is 22.9 Å². The third-order valence-corrected chi connectivity index (χ3v) is 5.32. The van der Waals surface area contributed by atoms with Crippen molar-refractivity contribution in [3.8, 4) is 0 Å². The molecule has 1 aromatic carbocycles. The fourth-order valence-electron chi connectivity index (χ4n) is 2.73. The second-order valence-electron chi connectivity index (χ2n) is 7.89. The van der Waals surface area contributed by atoms with Crippen LogP contribution in [0.15, 0.2) is 34.5 Å². The third-order valence-electron chi connectivity index (χ3n) is 4.27. The van der Waals surface area contributed by atoms with E-state index in [1.165, 1.54) is 11.3 Å². The van der Waals surface area contributed by atoms with Gasteiger partial charge in [0.1, 0.15) is 6.04 Å². The molecule has 1 atom stereocenters. The molecule has 0 bridgehead atoms. The molecule has 28 heavy (non-hydrogen) atoms. The topological polar surface area (TPSA) is 87.7 Å². The first-order chi connectivity index (χ1) is 13.2. The van der Waals surface area contributed by atoms with Crippen LogP contribution in [0.2, 0.25) is 0 Å². The van der Waals surface area contributed by atoms with E-state index in [0.717, 1.165) is 10.2 Å². The van der Waals surface area contributed by atoms with Crippen LogP contribution in [0.3, 0.4) is 0 Å². The molecular weight excluding hydrogens is 372 g/mol. The molecule has 8 heteroatoms. The lowest BCUT2D eigenvalue weighted by Gasteiger charge is -2.16. The van der Waals surface area contributed by atoms with Crippen molar-refractivity contribution in [2.24, 2.45) is 16.1 Å². The van der Waals surface area contributed by atoms with E-state index in [2.05, 4.69) is 30.3 Å². The fourth-order valence-corrected chi connectivity index (χ4v) is 3.67. The molecule has 144 valence electrons. The monoisotopic (exact) mass is 394 g/mol. The van der Waals surface area contributed by atoms with Gasteiger partial charge in [-0.1, -0.05) is 46.8 Å². The zero-order chi connectivity index (χ0) is 20.5. The van der Waals surface area contributed by atoms with Crippen LogP contribution in [0.4, 0.5) is 11.5 Å². The number of aromatic amines is 1. The van der Waals surface area contributed by atoms with Gasteiger partial charge in [0.25, 0.3) is 5.69 Å². The number of H-pyrrole nitrogens is 1. The van der Waals surface area contributed by atoms with Crippen molar-refractivity contribution >= 4 is 38.8 Å². The molecule has 2 aromatic heterocycles. The minimum Gasteiger partial charge on any atom is -0.291 e. The molecule has 1 N–H and O–H groups in total. The Morgan fingerprint density at radius 3 is 2.61 bits per heavy atom. The third kappa shape index (κ3) is 3.85. The summed E-state index contributed by atoms with van der Waals surface area (Å²) >= 11 is 1.36. The molecule has 0 saturated heterocycles. The number of azo groups is 1. The van der Waals surface area contributed by atoms with Crippen molar-refractivity contribution in [1.82, 2.24) is 15.2 Å². The minimum absolute atomic E-state index is 0.0688. The highest BCUT2D eigenvalue weighted by molar-refractivity contribution is 7.20. The SMILES string of the molecule is [C-]#[N+]c1c(N=NC(C(=O)c2nc3ccccc3s2)C(C)C)n[nH]c1C(C)(C)C. The van der Waals surface area contributed by atoms with Gasteiger partial charge in [0.05, 0.1) is 16.8 Å². The Morgan fingerprint density at radius 2 is 2.00 bits per heavy atom. The van der Waals surface area contributed by atoms with Crippen LogP contribution < -0.4 is 0 Å². The number of fused-ring (bicyclic) bond motifs is 1. The molecule has 1 unspecified atom stereocenters. The molecule has 0 aliphatic carbocycles. The zero-order valence-corrected chi connectivity index (χ0v) is 17.3. The average Bonchev–Trinajstić information content (AvgIpc) is 3.24. The molecule has 0 spiro atoms. The molecule has 7 nitrogen and oxygen atoms in total. The van der Waals surface area contributed by atoms with E-state index in [9.17, 15) is 4.79 Å². The van der Waals surface area contributed by atoms with Gasteiger partial charge in [-0.2, -0.15) is 10.2 Å². The number of para-hydroxylation sites is 1. The summed E-state index contributed by atoms with van der Waals surface area (Å²) in [5.74, 6) is -0.0285. The second kappa shape index (κ2) is 7.60. The molecule has 0 amide bonds. The first-order valence-corrected chi connectivity index (χ1v) is 9.81. The number of hydrogen-bond donors (Lipinski definition) is 1. The second-order valence-corrected chi connectivity index (χ2v) is 8.92. The minimum atomic E-state index is -0.686. The Hall–Kier alpha value is -2.92. The van der Waals surface area contributed by atoms with Crippen molar-refractivity contribution in [3.05, 3.63) is 46.4 Å². The van der Waals surface area contributed by atoms with Crippen molar-refractivity contribution in [1.29, 1.82) is 0 Å².